The van der Waals surface area contributed by atoms with Gasteiger partial charge in [0.15, 0.2) is 0 Å². The highest BCUT2D eigenvalue weighted by atomic mass is 35.5. The Bertz CT molecular complexity index is 258. The minimum absolute atomic E-state index is 0.0976. The molecule has 0 heterocycles. The SMILES string of the molecule is CC(ON)c1c(O)cccc1Cl. The molecule has 0 aliphatic heterocycles. The number of halogens is 1. The summed E-state index contributed by atoms with van der Waals surface area (Å²) in [5.41, 5.74) is 0.515. The number of phenolic OH excluding ortho intramolecular Hbond substituents is 1. The molecule has 0 saturated carbocycles. The fourth-order valence-electron chi connectivity index (χ4n) is 0.996. The summed E-state index contributed by atoms with van der Waals surface area (Å²) in [7, 11) is 0. The van der Waals surface area contributed by atoms with Gasteiger partial charge in [-0.25, -0.2) is 5.90 Å². The Morgan fingerprint density at radius 2 is 2.25 bits per heavy atom. The number of hydrogen-bond acceptors (Lipinski definition) is 3. The van der Waals surface area contributed by atoms with Crippen molar-refractivity contribution in [2.75, 3.05) is 0 Å². The molecular formula is C8H10ClNO2. The fraction of sp³-hybridized carbons (Fsp3) is 0.250. The second-order valence-corrected chi connectivity index (χ2v) is 2.86. The van der Waals surface area contributed by atoms with Crippen molar-refractivity contribution in [1.29, 1.82) is 0 Å². The molecule has 0 radical (unpaired) electrons. The van der Waals surface area contributed by atoms with Gasteiger partial charge in [-0.05, 0) is 19.1 Å². The van der Waals surface area contributed by atoms with Crippen molar-refractivity contribution in [1.82, 2.24) is 0 Å². The molecule has 1 aromatic rings. The molecule has 1 rings (SSSR count). The first-order valence-electron chi connectivity index (χ1n) is 3.49. The van der Waals surface area contributed by atoms with E-state index in [9.17, 15) is 5.11 Å². The zero-order valence-electron chi connectivity index (χ0n) is 6.62. The summed E-state index contributed by atoms with van der Waals surface area (Å²) >= 11 is 5.81. The lowest BCUT2D eigenvalue weighted by molar-refractivity contribution is 0.0647. The zero-order chi connectivity index (χ0) is 9.14. The van der Waals surface area contributed by atoms with Crippen LogP contribution in [0.1, 0.15) is 18.6 Å². The van der Waals surface area contributed by atoms with Crippen molar-refractivity contribution >= 4 is 11.6 Å². The average Bonchev–Trinajstić information content (AvgIpc) is 2.03. The number of phenols is 1. The normalized spacial score (nSPS) is 12.9. The minimum atomic E-state index is -0.404. The summed E-state index contributed by atoms with van der Waals surface area (Å²) in [5, 5.41) is 9.82. The molecule has 0 aromatic heterocycles. The number of rotatable bonds is 2. The van der Waals surface area contributed by atoms with Gasteiger partial charge < -0.3 is 5.11 Å². The van der Waals surface area contributed by atoms with Crippen LogP contribution in [0, 0.1) is 0 Å². The van der Waals surface area contributed by atoms with E-state index in [0.717, 1.165) is 0 Å². The first-order valence-corrected chi connectivity index (χ1v) is 3.87. The molecule has 1 aromatic carbocycles. The molecule has 0 aliphatic carbocycles. The Morgan fingerprint density at radius 3 is 2.75 bits per heavy atom. The molecule has 1 atom stereocenters. The Balaban J connectivity index is 3.12. The smallest absolute Gasteiger partial charge is 0.122 e. The van der Waals surface area contributed by atoms with Gasteiger partial charge >= 0.3 is 0 Å². The van der Waals surface area contributed by atoms with Gasteiger partial charge in [-0.1, -0.05) is 17.7 Å². The Kier molecular flexibility index (Phi) is 2.92. The zero-order valence-corrected chi connectivity index (χ0v) is 7.38. The quantitative estimate of drug-likeness (QED) is 0.697. The van der Waals surface area contributed by atoms with Crippen LogP contribution in [0.3, 0.4) is 0 Å². The molecule has 0 fully saturated rings. The van der Waals surface area contributed by atoms with E-state index in [0.29, 0.717) is 10.6 Å². The van der Waals surface area contributed by atoms with Crippen LogP contribution in [0.5, 0.6) is 5.75 Å². The first kappa shape index (κ1) is 9.32. The van der Waals surface area contributed by atoms with E-state index in [1.165, 1.54) is 6.07 Å². The second-order valence-electron chi connectivity index (χ2n) is 2.45. The largest absolute Gasteiger partial charge is 0.508 e. The number of nitrogens with two attached hydrogens (primary N) is 1. The standard InChI is InChI=1S/C8H10ClNO2/c1-5(12-10)8-6(9)3-2-4-7(8)11/h2-5,11H,10H2,1H3. The lowest BCUT2D eigenvalue weighted by Crippen LogP contribution is -2.06. The Hall–Kier alpha value is -0.770. The summed E-state index contributed by atoms with van der Waals surface area (Å²) in [6.45, 7) is 1.71. The van der Waals surface area contributed by atoms with Gasteiger partial charge in [-0.3, -0.25) is 4.84 Å². The lowest BCUT2D eigenvalue weighted by atomic mass is 10.1. The molecule has 12 heavy (non-hydrogen) atoms. The van der Waals surface area contributed by atoms with E-state index in [1.807, 2.05) is 0 Å². The molecule has 0 spiro atoms. The molecule has 3 nitrogen and oxygen atoms in total. The molecular weight excluding hydrogens is 178 g/mol. The maximum absolute atomic E-state index is 9.37. The molecule has 0 saturated heterocycles. The highest BCUT2D eigenvalue weighted by Gasteiger charge is 2.13. The van der Waals surface area contributed by atoms with E-state index in [-0.39, 0.29) is 5.75 Å². The van der Waals surface area contributed by atoms with Crippen LogP contribution in [-0.2, 0) is 4.84 Å². The van der Waals surface area contributed by atoms with Crippen molar-refractivity contribution in [3.8, 4) is 5.75 Å². The molecule has 4 heteroatoms. The van der Waals surface area contributed by atoms with Gasteiger partial charge in [0.1, 0.15) is 11.9 Å². The molecule has 0 amide bonds. The van der Waals surface area contributed by atoms with Crippen molar-refractivity contribution < 1.29 is 9.94 Å². The number of hydrogen-bond donors (Lipinski definition) is 2. The van der Waals surface area contributed by atoms with E-state index in [2.05, 4.69) is 4.84 Å². The summed E-state index contributed by atoms with van der Waals surface area (Å²) < 4.78 is 0. The van der Waals surface area contributed by atoms with Gasteiger partial charge in [0.25, 0.3) is 0 Å². The van der Waals surface area contributed by atoms with Crippen molar-refractivity contribution in [3.05, 3.63) is 28.8 Å². The van der Waals surface area contributed by atoms with Crippen LogP contribution < -0.4 is 5.90 Å². The molecule has 1 unspecified atom stereocenters. The highest BCUT2D eigenvalue weighted by molar-refractivity contribution is 6.31. The Morgan fingerprint density at radius 1 is 1.58 bits per heavy atom. The predicted molar refractivity (Wildman–Crippen MR) is 46.8 cm³/mol. The average molecular weight is 188 g/mol. The molecule has 66 valence electrons. The second kappa shape index (κ2) is 3.76. The maximum atomic E-state index is 9.37. The van der Waals surface area contributed by atoms with Crippen LogP contribution >= 0.6 is 11.6 Å². The molecule has 0 bridgehead atoms. The van der Waals surface area contributed by atoms with Gasteiger partial charge in [0, 0.05) is 5.56 Å². The third kappa shape index (κ3) is 1.69. The van der Waals surface area contributed by atoms with Crippen LogP contribution in [0.25, 0.3) is 0 Å². The first-order chi connectivity index (χ1) is 5.66. The van der Waals surface area contributed by atoms with Gasteiger partial charge in [-0.15, -0.1) is 0 Å². The summed E-state index contributed by atoms with van der Waals surface area (Å²) in [5.74, 6) is 5.07. The number of benzene rings is 1. The van der Waals surface area contributed by atoms with Crippen molar-refractivity contribution in [3.63, 3.8) is 0 Å². The minimum Gasteiger partial charge on any atom is -0.508 e. The van der Waals surface area contributed by atoms with Crippen molar-refractivity contribution in [2.24, 2.45) is 5.90 Å². The summed E-state index contributed by atoms with van der Waals surface area (Å²) in [6, 6.07) is 4.87. The summed E-state index contributed by atoms with van der Waals surface area (Å²) in [6.07, 6.45) is -0.404. The third-order valence-electron chi connectivity index (χ3n) is 1.64. The third-order valence-corrected chi connectivity index (χ3v) is 1.97. The Labute approximate surface area is 75.7 Å². The lowest BCUT2D eigenvalue weighted by Gasteiger charge is -2.12. The fourth-order valence-corrected chi connectivity index (χ4v) is 1.32. The predicted octanol–water partition coefficient (Wildman–Crippen LogP) is 2.00. The van der Waals surface area contributed by atoms with Gasteiger partial charge in [-0.2, -0.15) is 0 Å². The molecule has 3 N–H and O–H groups in total. The van der Waals surface area contributed by atoms with Crippen molar-refractivity contribution in [2.45, 2.75) is 13.0 Å². The highest BCUT2D eigenvalue weighted by Crippen LogP contribution is 2.31. The van der Waals surface area contributed by atoms with Crippen LogP contribution in [0.15, 0.2) is 18.2 Å². The van der Waals surface area contributed by atoms with Gasteiger partial charge in [0.2, 0.25) is 0 Å². The van der Waals surface area contributed by atoms with E-state index >= 15 is 0 Å². The van der Waals surface area contributed by atoms with E-state index < -0.39 is 6.10 Å². The van der Waals surface area contributed by atoms with Gasteiger partial charge in [0.05, 0.1) is 5.02 Å². The van der Waals surface area contributed by atoms with Crippen LogP contribution in [0.4, 0.5) is 0 Å². The van der Waals surface area contributed by atoms with E-state index in [4.69, 9.17) is 17.5 Å². The van der Waals surface area contributed by atoms with Crippen LogP contribution in [0.2, 0.25) is 5.02 Å². The molecule has 0 aliphatic rings. The summed E-state index contributed by atoms with van der Waals surface area (Å²) in [4.78, 5) is 4.55. The van der Waals surface area contributed by atoms with Crippen LogP contribution in [-0.4, -0.2) is 5.11 Å². The number of aromatic hydroxyl groups is 1. The van der Waals surface area contributed by atoms with E-state index in [1.54, 1.807) is 19.1 Å². The monoisotopic (exact) mass is 187 g/mol. The topological polar surface area (TPSA) is 55.5 Å². The maximum Gasteiger partial charge on any atom is 0.122 e.